The minimum absolute atomic E-state index is 0.0918. The van der Waals surface area contributed by atoms with Crippen molar-refractivity contribution in [2.45, 2.75) is 25.0 Å². The van der Waals surface area contributed by atoms with Gasteiger partial charge in [0.2, 0.25) is 0 Å². The number of ketones is 1. The van der Waals surface area contributed by atoms with E-state index >= 15 is 0 Å². The minimum atomic E-state index is -0.951. The Kier molecular flexibility index (Phi) is 5.88. The number of carbonyl (C=O) groups is 2. The maximum atomic E-state index is 13.0. The number of benzene rings is 2. The fourth-order valence-corrected chi connectivity index (χ4v) is 4.26. The van der Waals surface area contributed by atoms with Gasteiger partial charge in [-0.2, -0.15) is 0 Å². The van der Waals surface area contributed by atoms with E-state index in [-0.39, 0.29) is 29.7 Å². The zero-order chi connectivity index (χ0) is 22.1. The second-order valence-electron chi connectivity index (χ2n) is 7.45. The van der Waals surface area contributed by atoms with Crippen LogP contribution >= 0.6 is 15.9 Å². The van der Waals surface area contributed by atoms with Gasteiger partial charge in [0.15, 0.2) is 0 Å². The number of likely N-dealkylation sites (tertiary alicyclic amines) is 1. The zero-order valence-corrected chi connectivity index (χ0v) is 17.9. The molecule has 2 fully saturated rings. The van der Waals surface area contributed by atoms with Crippen LogP contribution in [-0.2, 0) is 14.3 Å². The smallest absolute Gasteiger partial charge is 0.295 e. The van der Waals surface area contributed by atoms with Gasteiger partial charge in [0, 0.05) is 35.3 Å². The summed E-state index contributed by atoms with van der Waals surface area (Å²) in [4.78, 5) is 38.0. The van der Waals surface area contributed by atoms with Crippen LogP contribution in [-0.4, -0.2) is 45.9 Å². The number of non-ortho nitro benzene ring substituents is 1. The Hall–Kier alpha value is -3.04. The molecule has 0 bridgehead atoms. The van der Waals surface area contributed by atoms with Gasteiger partial charge in [0.05, 0.1) is 22.6 Å². The maximum Gasteiger partial charge on any atom is 0.295 e. The Labute approximate surface area is 186 Å². The second-order valence-corrected chi connectivity index (χ2v) is 8.36. The third-order valence-corrected chi connectivity index (χ3v) is 6.01. The van der Waals surface area contributed by atoms with E-state index in [4.69, 9.17) is 4.74 Å². The number of Topliss-reactive ketones (excluding diaryl/α,β-unsaturated/α-hetero) is 1. The quantitative estimate of drug-likeness (QED) is 0.225. The third-order valence-electron chi connectivity index (χ3n) is 5.48. The van der Waals surface area contributed by atoms with Crippen LogP contribution in [0.4, 0.5) is 5.69 Å². The number of aliphatic hydroxyl groups is 1. The first-order valence-electron chi connectivity index (χ1n) is 9.77. The Balaban J connectivity index is 1.85. The van der Waals surface area contributed by atoms with Crippen molar-refractivity contribution in [1.82, 2.24) is 4.90 Å². The number of aliphatic hydroxyl groups excluding tert-OH is 1. The molecule has 2 aromatic carbocycles. The van der Waals surface area contributed by atoms with Gasteiger partial charge in [0.1, 0.15) is 5.76 Å². The standard InChI is InChI=1S/C22H19BrN2O6/c23-15-8-6-13(7-9-15)20(26)18-19(14-3-1-4-16(11-14)25(29)30)24(22(28)21(18)27)12-17-5-2-10-31-17/h1,3-4,6-9,11,17,19,26H,2,5,10,12H2/t17-,19+/m1/s1. The number of ether oxygens (including phenoxy) is 1. The molecule has 2 heterocycles. The molecule has 1 amide bonds. The molecule has 9 heteroatoms. The number of halogens is 1. The number of hydrogen-bond acceptors (Lipinski definition) is 6. The SMILES string of the molecule is O=C1C(=O)N(C[C@H]2CCCO2)[C@@H](c2cccc([N+](=O)[O-])c2)C1=C(O)c1ccc(Br)cc1. The number of carbonyl (C=O) groups excluding carboxylic acids is 2. The van der Waals surface area contributed by atoms with Crippen LogP contribution in [0.15, 0.2) is 58.6 Å². The van der Waals surface area contributed by atoms with Crippen LogP contribution in [0, 0.1) is 10.1 Å². The molecule has 4 rings (SSSR count). The lowest BCUT2D eigenvalue weighted by molar-refractivity contribution is -0.384. The van der Waals surface area contributed by atoms with E-state index in [9.17, 15) is 24.8 Å². The molecule has 2 saturated heterocycles. The van der Waals surface area contributed by atoms with Crippen molar-refractivity contribution >= 4 is 39.1 Å². The Morgan fingerprint density at radius 3 is 2.61 bits per heavy atom. The minimum Gasteiger partial charge on any atom is -0.507 e. The Morgan fingerprint density at radius 1 is 1.23 bits per heavy atom. The van der Waals surface area contributed by atoms with Gasteiger partial charge in [-0.15, -0.1) is 0 Å². The highest BCUT2D eigenvalue weighted by Gasteiger charge is 2.47. The Bertz CT molecular complexity index is 1080. The van der Waals surface area contributed by atoms with E-state index in [0.29, 0.717) is 17.7 Å². The van der Waals surface area contributed by atoms with Crippen molar-refractivity contribution in [3.05, 3.63) is 79.8 Å². The topological polar surface area (TPSA) is 110 Å². The molecule has 160 valence electrons. The van der Waals surface area contributed by atoms with Crippen molar-refractivity contribution in [3.63, 3.8) is 0 Å². The second kappa shape index (κ2) is 8.60. The van der Waals surface area contributed by atoms with Crippen LogP contribution in [0.5, 0.6) is 0 Å². The first-order valence-corrected chi connectivity index (χ1v) is 10.6. The highest BCUT2D eigenvalue weighted by atomic mass is 79.9. The molecule has 0 saturated carbocycles. The van der Waals surface area contributed by atoms with Crippen LogP contribution < -0.4 is 0 Å². The maximum absolute atomic E-state index is 13.0. The van der Waals surface area contributed by atoms with Gasteiger partial charge in [-0.3, -0.25) is 19.7 Å². The molecule has 31 heavy (non-hydrogen) atoms. The van der Waals surface area contributed by atoms with E-state index in [2.05, 4.69) is 15.9 Å². The summed E-state index contributed by atoms with van der Waals surface area (Å²) in [6.45, 7) is 0.740. The molecule has 0 aliphatic carbocycles. The molecular weight excluding hydrogens is 468 g/mol. The van der Waals surface area contributed by atoms with Crippen molar-refractivity contribution < 1.29 is 24.4 Å². The predicted octanol–water partition coefficient (Wildman–Crippen LogP) is 3.96. The summed E-state index contributed by atoms with van der Waals surface area (Å²) in [5, 5.41) is 22.3. The molecular formula is C22H19BrN2O6. The van der Waals surface area contributed by atoms with Crippen LogP contribution in [0.25, 0.3) is 5.76 Å². The molecule has 0 radical (unpaired) electrons. The molecule has 0 unspecified atom stereocenters. The number of hydrogen-bond donors (Lipinski definition) is 1. The van der Waals surface area contributed by atoms with E-state index in [0.717, 1.165) is 17.3 Å². The first kappa shape index (κ1) is 21.2. The van der Waals surface area contributed by atoms with Crippen LogP contribution in [0.3, 0.4) is 0 Å². The number of nitrogens with zero attached hydrogens (tertiary/aromatic N) is 2. The van der Waals surface area contributed by atoms with Gasteiger partial charge in [-0.25, -0.2) is 0 Å². The number of amides is 1. The summed E-state index contributed by atoms with van der Waals surface area (Å²) in [5.41, 5.74) is 0.494. The highest BCUT2D eigenvalue weighted by Crippen LogP contribution is 2.41. The summed E-state index contributed by atoms with van der Waals surface area (Å²) in [6, 6.07) is 11.5. The molecule has 0 aromatic heterocycles. The Morgan fingerprint density at radius 2 is 1.97 bits per heavy atom. The fourth-order valence-electron chi connectivity index (χ4n) is 3.99. The van der Waals surface area contributed by atoms with Crippen molar-refractivity contribution in [2.75, 3.05) is 13.2 Å². The lowest BCUT2D eigenvalue weighted by atomic mass is 9.95. The van der Waals surface area contributed by atoms with Gasteiger partial charge in [-0.1, -0.05) is 40.2 Å². The molecule has 2 atom stereocenters. The largest absolute Gasteiger partial charge is 0.507 e. The first-order chi connectivity index (χ1) is 14.9. The third kappa shape index (κ3) is 4.11. The van der Waals surface area contributed by atoms with E-state index in [1.54, 1.807) is 30.3 Å². The van der Waals surface area contributed by atoms with Crippen LogP contribution in [0.2, 0.25) is 0 Å². The normalized spacial score (nSPS) is 22.8. The summed E-state index contributed by atoms with van der Waals surface area (Å²) < 4.78 is 6.43. The van der Waals surface area contributed by atoms with E-state index in [1.807, 2.05) is 0 Å². The van der Waals surface area contributed by atoms with E-state index < -0.39 is 22.7 Å². The lowest BCUT2D eigenvalue weighted by Gasteiger charge is -2.27. The van der Waals surface area contributed by atoms with Gasteiger partial charge < -0.3 is 14.7 Å². The molecule has 8 nitrogen and oxygen atoms in total. The fraction of sp³-hybridized carbons (Fsp3) is 0.273. The molecule has 2 aromatic rings. The number of rotatable bonds is 5. The summed E-state index contributed by atoms with van der Waals surface area (Å²) in [6.07, 6.45) is 1.37. The number of nitro groups is 1. The molecule has 0 spiro atoms. The van der Waals surface area contributed by atoms with Gasteiger partial charge >= 0.3 is 0 Å². The zero-order valence-electron chi connectivity index (χ0n) is 16.4. The predicted molar refractivity (Wildman–Crippen MR) is 115 cm³/mol. The molecule has 2 aliphatic rings. The van der Waals surface area contributed by atoms with Crippen LogP contribution in [0.1, 0.15) is 30.0 Å². The van der Waals surface area contributed by atoms with Crippen molar-refractivity contribution in [1.29, 1.82) is 0 Å². The average Bonchev–Trinajstić information content (AvgIpc) is 3.36. The average molecular weight is 487 g/mol. The van der Waals surface area contributed by atoms with E-state index in [1.165, 1.54) is 23.1 Å². The van der Waals surface area contributed by atoms with Crippen molar-refractivity contribution in [3.8, 4) is 0 Å². The van der Waals surface area contributed by atoms with Gasteiger partial charge in [-0.05, 0) is 30.5 Å². The lowest BCUT2D eigenvalue weighted by Crippen LogP contribution is -2.36. The van der Waals surface area contributed by atoms with Gasteiger partial charge in [0.25, 0.3) is 17.4 Å². The number of nitro benzene ring substituents is 1. The molecule has 2 aliphatic heterocycles. The summed E-state index contributed by atoms with van der Waals surface area (Å²) >= 11 is 3.32. The van der Waals surface area contributed by atoms with Crippen molar-refractivity contribution in [2.24, 2.45) is 0 Å². The molecule has 1 N–H and O–H groups in total. The highest BCUT2D eigenvalue weighted by molar-refractivity contribution is 9.10. The monoisotopic (exact) mass is 486 g/mol. The summed E-state index contributed by atoms with van der Waals surface area (Å²) in [5.74, 6) is -1.90. The summed E-state index contributed by atoms with van der Waals surface area (Å²) in [7, 11) is 0.